The summed E-state index contributed by atoms with van der Waals surface area (Å²) in [7, 11) is 0. The molecule has 0 spiro atoms. The van der Waals surface area contributed by atoms with E-state index >= 15 is 0 Å². The number of carbonyl (C=O) groups excluding carboxylic acids is 1. The van der Waals surface area contributed by atoms with Crippen molar-refractivity contribution >= 4 is 56.3 Å². The van der Waals surface area contributed by atoms with Gasteiger partial charge >= 0.3 is 0 Å². The summed E-state index contributed by atoms with van der Waals surface area (Å²) in [6, 6.07) is 1.87. The molecule has 0 aliphatic heterocycles. The van der Waals surface area contributed by atoms with E-state index in [0.717, 1.165) is 8.58 Å². The molecule has 0 aliphatic carbocycles. The highest BCUT2D eigenvalue weighted by atomic mass is 127. The minimum atomic E-state index is -0.0891. The van der Waals surface area contributed by atoms with Crippen LogP contribution in [0.1, 0.15) is 35.8 Å². The lowest BCUT2D eigenvalue weighted by molar-refractivity contribution is 0.102. The minimum Gasteiger partial charge on any atom is -0.298 e. The van der Waals surface area contributed by atoms with E-state index in [1.165, 1.54) is 11.3 Å². The third-order valence-corrected chi connectivity index (χ3v) is 4.73. The van der Waals surface area contributed by atoms with Gasteiger partial charge in [-0.2, -0.15) is 0 Å². The minimum absolute atomic E-state index is 0.0891. The summed E-state index contributed by atoms with van der Waals surface area (Å²) >= 11 is 5.23. The van der Waals surface area contributed by atoms with Crippen LogP contribution in [0.3, 0.4) is 0 Å². The molecule has 17 heavy (non-hydrogen) atoms. The van der Waals surface area contributed by atoms with E-state index in [-0.39, 0.29) is 5.91 Å². The van der Waals surface area contributed by atoms with E-state index in [2.05, 4.69) is 46.7 Å². The molecule has 2 heterocycles. The van der Waals surface area contributed by atoms with Crippen LogP contribution in [0.4, 0.5) is 5.13 Å². The van der Waals surface area contributed by atoms with Crippen molar-refractivity contribution in [2.75, 3.05) is 5.32 Å². The summed E-state index contributed by atoms with van der Waals surface area (Å²) in [5.74, 6) is 0.299. The first-order valence-electron chi connectivity index (χ1n) is 5.07. The first kappa shape index (κ1) is 13.0. The Kier molecular flexibility index (Phi) is 4.16. The lowest BCUT2D eigenvalue weighted by atomic mass is 10.2. The Bertz CT molecular complexity index is 533. The van der Waals surface area contributed by atoms with Gasteiger partial charge in [0.2, 0.25) is 0 Å². The van der Waals surface area contributed by atoms with Crippen LogP contribution in [-0.4, -0.2) is 10.9 Å². The molecular formula is C11H11IN2OS2. The molecule has 0 atom stereocenters. The van der Waals surface area contributed by atoms with Crippen molar-refractivity contribution < 1.29 is 4.79 Å². The molecule has 2 rings (SSSR count). The number of carbonyl (C=O) groups is 1. The van der Waals surface area contributed by atoms with Gasteiger partial charge in [-0.15, -0.1) is 22.7 Å². The third-order valence-electron chi connectivity index (χ3n) is 2.16. The van der Waals surface area contributed by atoms with Gasteiger partial charge in [0, 0.05) is 10.8 Å². The van der Waals surface area contributed by atoms with Crippen LogP contribution < -0.4 is 5.32 Å². The van der Waals surface area contributed by atoms with Crippen molar-refractivity contribution in [2.24, 2.45) is 0 Å². The zero-order valence-electron chi connectivity index (χ0n) is 9.36. The zero-order chi connectivity index (χ0) is 12.4. The van der Waals surface area contributed by atoms with Gasteiger partial charge in [0.1, 0.15) is 0 Å². The molecule has 6 heteroatoms. The van der Waals surface area contributed by atoms with Crippen LogP contribution in [-0.2, 0) is 0 Å². The molecular weight excluding hydrogens is 367 g/mol. The molecule has 0 aromatic carbocycles. The molecule has 2 aromatic rings. The van der Waals surface area contributed by atoms with Gasteiger partial charge in [0.25, 0.3) is 5.91 Å². The standard InChI is InChI=1S/C11H11IN2OS2/c1-6(2)8-5-17-11(13-8)14-10(15)7-3-9(12)16-4-7/h3-6H,1-2H3,(H,13,14,15). The summed E-state index contributed by atoms with van der Waals surface area (Å²) in [5.41, 5.74) is 1.71. The number of nitrogens with one attached hydrogen (secondary N) is 1. The molecule has 0 aliphatic rings. The lowest BCUT2D eigenvalue weighted by Gasteiger charge is -1.99. The lowest BCUT2D eigenvalue weighted by Crippen LogP contribution is -2.10. The van der Waals surface area contributed by atoms with Crippen LogP contribution in [0, 0.1) is 2.88 Å². The Morgan fingerprint density at radius 3 is 2.71 bits per heavy atom. The van der Waals surface area contributed by atoms with Crippen LogP contribution in [0.25, 0.3) is 0 Å². The van der Waals surface area contributed by atoms with Crippen LogP contribution >= 0.6 is 45.3 Å². The number of thiophene rings is 1. The molecule has 0 unspecified atom stereocenters. The van der Waals surface area contributed by atoms with Crippen molar-refractivity contribution in [1.82, 2.24) is 4.98 Å². The molecule has 1 N–H and O–H groups in total. The third kappa shape index (κ3) is 3.26. The molecule has 0 saturated heterocycles. The van der Waals surface area contributed by atoms with Crippen LogP contribution in [0.5, 0.6) is 0 Å². The molecule has 0 fully saturated rings. The van der Waals surface area contributed by atoms with E-state index in [9.17, 15) is 4.79 Å². The van der Waals surface area contributed by atoms with Crippen LogP contribution in [0.15, 0.2) is 16.8 Å². The highest BCUT2D eigenvalue weighted by molar-refractivity contribution is 14.1. The number of anilines is 1. The van der Waals surface area contributed by atoms with Gasteiger partial charge in [0.05, 0.1) is 14.1 Å². The number of halogens is 1. The highest BCUT2D eigenvalue weighted by Gasteiger charge is 2.11. The normalized spacial score (nSPS) is 10.8. The summed E-state index contributed by atoms with van der Waals surface area (Å²) in [4.78, 5) is 16.2. The Morgan fingerprint density at radius 1 is 1.41 bits per heavy atom. The van der Waals surface area contributed by atoms with Crippen molar-refractivity contribution in [3.63, 3.8) is 0 Å². The average Bonchev–Trinajstić information content (AvgIpc) is 2.86. The summed E-state index contributed by atoms with van der Waals surface area (Å²) < 4.78 is 1.11. The van der Waals surface area contributed by atoms with E-state index in [4.69, 9.17) is 0 Å². The Balaban J connectivity index is 2.07. The van der Waals surface area contributed by atoms with Gasteiger partial charge in [-0.1, -0.05) is 13.8 Å². The maximum Gasteiger partial charge on any atom is 0.258 e. The monoisotopic (exact) mass is 378 g/mol. The molecule has 90 valence electrons. The highest BCUT2D eigenvalue weighted by Crippen LogP contribution is 2.23. The Labute approximate surface area is 121 Å². The summed E-state index contributed by atoms with van der Waals surface area (Å²) in [6.45, 7) is 4.17. The number of aromatic nitrogens is 1. The molecule has 0 saturated carbocycles. The van der Waals surface area contributed by atoms with Gasteiger partial charge in [0.15, 0.2) is 5.13 Å². The van der Waals surface area contributed by atoms with Crippen molar-refractivity contribution in [2.45, 2.75) is 19.8 Å². The topological polar surface area (TPSA) is 42.0 Å². The van der Waals surface area contributed by atoms with E-state index in [1.807, 2.05) is 16.8 Å². The van der Waals surface area contributed by atoms with Crippen molar-refractivity contribution in [3.05, 3.63) is 31.0 Å². The maximum absolute atomic E-state index is 11.9. The smallest absolute Gasteiger partial charge is 0.258 e. The van der Waals surface area contributed by atoms with Crippen molar-refractivity contribution in [3.8, 4) is 0 Å². The number of amides is 1. The predicted molar refractivity (Wildman–Crippen MR) is 81.2 cm³/mol. The van der Waals surface area contributed by atoms with Gasteiger partial charge in [-0.05, 0) is 34.6 Å². The largest absolute Gasteiger partial charge is 0.298 e. The zero-order valence-corrected chi connectivity index (χ0v) is 13.1. The second kappa shape index (κ2) is 5.45. The fourth-order valence-corrected chi connectivity index (χ4v) is 3.40. The van der Waals surface area contributed by atoms with Gasteiger partial charge in [-0.3, -0.25) is 10.1 Å². The van der Waals surface area contributed by atoms with E-state index in [1.54, 1.807) is 11.3 Å². The summed E-state index contributed by atoms with van der Waals surface area (Å²) in [6.07, 6.45) is 0. The SMILES string of the molecule is CC(C)c1csc(NC(=O)c2csc(I)c2)n1. The number of hydrogen-bond donors (Lipinski definition) is 1. The van der Waals surface area contributed by atoms with Crippen LogP contribution in [0.2, 0.25) is 0 Å². The number of thiazole rings is 1. The number of nitrogens with zero attached hydrogens (tertiary/aromatic N) is 1. The second-order valence-electron chi connectivity index (χ2n) is 3.83. The molecule has 3 nitrogen and oxygen atoms in total. The first-order valence-corrected chi connectivity index (χ1v) is 7.91. The summed E-state index contributed by atoms with van der Waals surface area (Å²) in [5, 5.41) is 7.32. The second-order valence-corrected chi connectivity index (χ2v) is 7.49. The van der Waals surface area contributed by atoms with Gasteiger partial charge < -0.3 is 0 Å². The first-order chi connectivity index (χ1) is 8.06. The van der Waals surface area contributed by atoms with Crippen molar-refractivity contribution in [1.29, 1.82) is 0 Å². The molecule has 0 bridgehead atoms. The number of rotatable bonds is 3. The Hall–Kier alpha value is -0.470. The predicted octanol–water partition coefficient (Wildman–Crippen LogP) is 4.18. The van der Waals surface area contributed by atoms with Gasteiger partial charge in [-0.25, -0.2) is 4.98 Å². The van der Waals surface area contributed by atoms with E-state index in [0.29, 0.717) is 16.6 Å². The fourth-order valence-electron chi connectivity index (χ4n) is 1.21. The molecule has 1 amide bonds. The maximum atomic E-state index is 11.9. The Morgan fingerprint density at radius 2 is 2.18 bits per heavy atom. The molecule has 0 radical (unpaired) electrons. The fraction of sp³-hybridized carbons (Fsp3) is 0.273. The average molecular weight is 378 g/mol. The number of hydrogen-bond acceptors (Lipinski definition) is 4. The van der Waals surface area contributed by atoms with E-state index < -0.39 is 0 Å². The quantitative estimate of drug-likeness (QED) is 0.814. The molecule has 2 aromatic heterocycles.